The maximum atomic E-state index is 10.1. The molecule has 0 spiro atoms. The van der Waals surface area contributed by atoms with E-state index >= 15 is 0 Å². The summed E-state index contributed by atoms with van der Waals surface area (Å²) in [6.45, 7) is 0. The van der Waals surface area contributed by atoms with Gasteiger partial charge < -0.3 is 9.84 Å². The van der Waals surface area contributed by atoms with Gasteiger partial charge in [-0.25, -0.2) is 0 Å². The van der Waals surface area contributed by atoms with Gasteiger partial charge in [0.15, 0.2) is 0 Å². The average Bonchev–Trinajstić information content (AvgIpc) is 2.88. The molecular weight excluding hydrogens is 244 g/mol. The fourth-order valence-electron chi connectivity index (χ4n) is 2.00. The molecule has 0 aliphatic heterocycles. The molecule has 18 heavy (non-hydrogen) atoms. The molecular formula is C15H18O2S. The van der Waals surface area contributed by atoms with Crippen molar-refractivity contribution in [2.24, 2.45) is 0 Å². The van der Waals surface area contributed by atoms with Crippen LogP contribution in [-0.2, 0) is 6.42 Å². The summed E-state index contributed by atoms with van der Waals surface area (Å²) >= 11 is 1.55. The summed E-state index contributed by atoms with van der Waals surface area (Å²) in [6, 6.07) is 12.3. The summed E-state index contributed by atoms with van der Waals surface area (Å²) in [6.07, 6.45) is 2.34. The van der Waals surface area contributed by atoms with Gasteiger partial charge in [0.2, 0.25) is 0 Å². The van der Waals surface area contributed by atoms with E-state index in [0.717, 1.165) is 29.9 Å². The monoisotopic (exact) mass is 262 g/mol. The van der Waals surface area contributed by atoms with Crippen molar-refractivity contribution >= 4 is 11.3 Å². The summed E-state index contributed by atoms with van der Waals surface area (Å²) in [4.78, 5) is 0.936. The Morgan fingerprint density at radius 2 is 2.00 bits per heavy atom. The van der Waals surface area contributed by atoms with Gasteiger partial charge >= 0.3 is 0 Å². The van der Waals surface area contributed by atoms with Gasteiger partial charge in [-0.1, -0.05) is 30.3 Å². The van der Waals surface area contributed by atoms with Crippen molar-refractivity contribution in [3.8, 4) is 5.75 Å². The highest BCUT2D eigenvalue weighted by atomic mass is 32.1. The van der Waals surface area contributed by atoms with Gasteiger partial charge in [-0.3, -0.25) is 0 Å². The third-order valence-corrected chi connectivity index (χ3v) is 3.97. The Hall–Kier alpha value is -1.32. The van der Waals surface area contributed by atoms with E-state index in [0.29, 0.717) is 0 Å². The van der Waals surface area contributed by atoms with Crippen molar-refractivity contribution in [3.05, 3.63) is 52.2 Å². The van der Waals surface area contributed by atoms with Crippen LogP contribution in [0.15, 0.2) is 41.8 Å². The van der Waals surface area contributed by atoms with Crippen molar-refractivity contribution in [2.75, 3.05) is 7.11 Å². The Kier molecular flexibility index (Phi) is 4.79. The van der Waals surface area contributed by atoms with Crippen molar-refractivity contribution in [2.45, 2.75) is 25.4 Å². The zero-order chi connectivity index (χ0) is 12.8. The fourth-order valence-corrected chi connectivity index (χ4v) is 2.88. The first-order valence-electron chi connectivity index (χ1n) is 6.14. The van der Waals surface area contributed by atoms with Crippen molar-refractivity contribution in [1.29, 1.82) is 0 Å². The molecule has 1 N–H and O–H groups in total. The molecule has 0 bridgehead atoms. The lowest BCUT2D eigenvalue weighted by molar-refractivity contribution is 0.165. The van der Waals surface area contributed by atoms with Crippen LogP contribution >= 0.6 is 11.3 Å². The number of ether oxygens (including phenoxy) is 1. The molecule has 2 aromatic rings. The molecule has 0 radical (unpaired) electrons. The molecule has 0 saturated heterocycles. The zero-order valence-electron chi connectivity index (χ0n) is 10.5. The van der Waals surface area contributed by atoms with Crippen LogP contribution in [0.1, 0.15) is 29.4 Å². The molecule has 0 aliphatic rings. The second-order valence-corrected chi connectivity index (χ2v) is 5.19. The number of hydrogen-bond donors (Lipinski definition) is 1. The molecule has 0 saturated carbocycles. The number of aliphatic hydroxyl groups excluding tert-OH is 1. The Labute approximate surface area is 112 Å². The zero-order valence-corrected chi connectivity index (χ0v) is 11.3. The van der Waals surface area contributed by atoms with Crippen LogP contribution in [-0.4, -0.2) is 12.2 Å². The van der Waals surface area contributed by atoms with Gasteiger partial charge in [0.25, 0.3) is 0 Å². The van der Waals surface area contributed by atoms with E-state index in [2.05, 4.69) is 12.1 Å². The molecule has 3 heteroatoms. The minimum absolute atomic E-state index is 0.413. The van der Waals surface area contributed by atoms with Crippen LogP contribution in [0.25, 0.3) is 0 Å². The third-order valence-electron chi connectivity index (χ3n) is 2.97. The predicted octanol–water partition coefficient (Wildman–Crippen LogP) is 3.81. The van der Waals surface area contributed by atoms with Crippen LogP contribution in [0.3, 0.4) is 0 Å². The molecule has 1 atom stereocenters. The maximum Gasteiger partial charge on any atom is 0.135 e. The topological polar surface area (TPSA) is 29.5 Å². The largest absolute Gasteiger partial charge is 0.495 e. The lowest BCUT2D eigenvalue weighted by Gasteiger charge is -2.10. The number of aryl methyl sites for hydroxylation is 1. The van der Waals surface area contributed by atoms with Gasteiger partial charge in [0, 0.05) is 0 Å². The SMILES string of the molecule is COc1ccsc1C(O)CCCc1ccccc1. The Morgan fingerprint density at radius 3 is 2.72 bits per heavy atom. The highest BCUT2D eigenvalue weighted by Crippen LogP contribution is 2.33. The van der Waals surface area contributed by atoms with Gasteiger partial charge in [-0.2, -0.15) is 0 Å². The second kappa shape index (κ2) is 6.57. The Balaban J connectivity index is 1.84. The molecule has 0 aliphatic carbocycles. The van der Waals surface area contributed by atoms with Crippen LogP contribution in [0.5, 0.6) is 5.75 Å². The van der Waals surface area contributed by atoms with E-state index in [-0.39, 0.29) is 0 Å². The lowest BCUT2D eigenvalue weighted by Crippen LogP contribution is -1.98. The predicted molar refractivity (Wildman–Crippen MR) is 75.2 cm³/mol. The van der Waals surface area contributed by atoms with E-state index in [4.69, 9.17) is 4.74 Å². The van der Waals surface area contributed by atoms with Crippen LogP contribution < -0.4 is 4.74 Å². The lowest BCUT2D eigenvalue weighted by atomic mass is 10.1. The van der Waals surface area contributed by atoms with Crippen molar-refractivity contribution in [1.82, 2.24) is 0 Å². The van der Waals surface area contributed by atoms with Gasteiger partial charge in [-0.15, -0.1) is 11.3 Å². The highest BCUT2D eigenvalue weighted by Gasteiger charge is 2.14. The minimum atomic E-state index is -0.413. The van der Waals surface area contributed by atoms with E-state index in [9.17, 15) is 5.11 Å². The van der Waals surface area contributed by atoms with Crippen molar-refractivity contribution in [3.63, 3.8) is 0 Å². The standard InChI is InChI=1S/C15H18O2S/c1-17-14-10-11-18-15(14)13(16)9-5-8-12-6-3-2-4-7-12/h2-4,6-7,10-11,13,16H,5,8-9H2,1H3. The van der Waals surface area contributed by atoms with Gasteiger partial charge in [-0.05, 0) is 36.3 Å². The van der Waals surface area contributed by atoms with Crippen LogP contribution in [0, 0.1) is 0 Å². The molecule has 2 nitrogen and oxygen atoms in total. The summed E-state index contributed by atoms with van der Waals surface area (Å²) < 4.78 is 5.22. The Morgan fingerprint density at radius 1 is 1.22 bits per heavy atom. The van der Waals surface area contributed by atoms with Gasteiger partial charge in [0.1, 0.15) is 5.75 Å². The highest BCUT2D eigenvalue weighted by molar-refractivity contribution is 7.10. The fraction of sp³-hybridized carbons (Fsp3) is 0.333. The molecule has 1 aromatic carbocycles. The van der Waals surface area contributed by atoms with Crippen LogP contribution in [0.2, 0.25) is 0 Å². The first-order chi connectivity index (χ1) is 8.81. The summed E-state index contributed by atoms with van der Waals surface area (Å²) in [7, 11) is 1.64. The quantitative estimate of drug-likeness (QED) is 0.857. The number of rotatable bonds is 6. The molecule has 2 rings (SSSR count). The maximum absolute atomic E-state index is 10.1. The minimum Gasteiger partial charge on any atom is -0.495 e. The molecule has 0 fully saturated rings. The van der Waals surface area contributed by atoms with E-state index < -0.39 is 6.10 Å². The van der Waals surface area contributed by atoms with Gasteiger partial charge in [0.05, 0.1) is 18.1 Å². The summed E-state index contributed by atoms with van der Waals surface area (Å²) in [5.41, 5.74) is 1.32. The van der Waals surface area contributed by atoms with E-state index in [1.54, 1.807) is 18.4 Å². The molecule has 96 valence electrons. The van der Waals surface area contributed by atoms with E-state index in [1.807, 2.05) is 29.6 Å². The van der Waals surface area contributed by atoms with E-state index in [1.165, 1.54) is 5.56 Å². The normalized spacial score (nSPS) is 12.3. The smallest absolute Gasteiger partial charge is 0.135 e. The first-order valence-corrected chi connectivity index (χ1v) is 7.02. The number of thiophene rings is 1. The molecule has 0 amide bonds. The second-order valence-electron chi connectivity index (χ2n) is 4.25. The summed E-state index contributed by atoms with van der Waals surface area (Å²) in [5.74, 6) is 0.798. The summed E-state index contributed by atoms with van der Waals surface area (Å²) in [5, 5.41) is 12.1. The number of aliphatic hydroxyl groups is 1. The average molecular weight is 262 g/mol. The molecule has 1 unspecified atom stereocenters. The molecule has 1 aromatic heterocycles. The number of benzene rings is 1. The first kappa shape index (κ1) is 13.1. The number of hydrogen-bond acceptors (Lipinski definition) is 3. The number of methoxy groups -OCH3 is 1. The Bertz CT molecular complexity index is 464. The third kappa shape index (κ3) is 3.34. The molecule has 1 heterocycles. The van der Waals surface area contributed by atoms with Crippen LogP contribution in [0.4, 0.5) is 0 Å². The van der Waals surface area contributed by atoms with Crippen molar-refractivity contribution < 1.29 is 9.84 Å².